The van der Waals surface area contributed by atoms with Crippen molar-refractivity contribution >= 4 is 27.5 Å². The minimum atomic E-state index is -3.97. The highest BCUT2D eigenvalue weighted by Gasteiger charge is 2.42. The number of carbonyl (C=O) groups is 1. The summed E-state index contributed by atoms with van der Waals surface area (Å²) >= 11 is 5.81. The Balaban J connectivity index is 1.49. The number of aromatic nitrogens is 1. The van der Waals surface area contributed by atoms with E-state index in [-0.39, 0.29) is 34.5 Å². The fourth-order valence-electron chi connectivity index (χ4n) is 3.81. The second kappa shape index (κ2) is 7.51. The van der Waals surface area contributed by atoms with Gasteiger partial charge in [-0.1, -0.05) is 11.6 Å². The Morgan fingerprint density at radius 3 is 2.81 bits per heavy atom. The van der Waals surface area contributed by atoms with Crippen LogP contribution in [0.1, 0.15) is 28.5 Å². The summed E-state index contributed by atoms with van der Waals surface area (Å²) in [7, 11) is -3.97. The zero-order valence-corrected chi connectivity index (χ0v) is 18.4. The number of amides is 1. The van der Waals surface area contributed by atoms with Gasteiger partial charge < -0.3 is 14.6 Å². The fraction of sp³-hybridized carbons (Fsp3) is 0.400. The van der Waals surface area contributed by atoms with Gasteiger partial charge in [0.25, 0.3) is 15.9 Å². The van der Waals surface area contributed by atoms with Crippen LogP contribution in [0.3, 0.4) is 0 Å². The van der Waals surface area contributed by atoms with E-state index in [1.807, 2.05) is 0 Å². The van der Waals surface area contributed by atoms with E-state index < -0.39 is 27.3 Å². The van der Waals surface area contributed by atoms with E-state index >= 15 is 0 Å². The molecule has 1 amide bonds. The van der Waals surface area contributed by atoms with Crippen LogP contribution >= 0.6 is 11.6 Å². The maximum absolute atomic E-state index is 13.6. The van der Waals surface area contributed by atoms with Crippen LogP contribution in [0.5, 0.6) is 5.75 Å². The van der Waals surface area contributed by atoms with Crippen molar-refractivity contribution in [1.29, 1.82) is 5.26 Å². The second-order valence-corrected chi connectivity index (χ2v) is 10.3. The second-order valence-electron chi connectivity index (χ2n) is 8.21. The molecular formula is C20H20ClFN4O4S. The van der Waals surface area contributed by atoms with Crippen molar-refractivity contribution in [1.82, 2.24) is 14.6 Å². The third-order valence-electron chi connectivity index (χ3n) is 5.48. The van der Waals surface area contributed by atoms with Crippen LogP contribution in [0.15, 0.2) is 23.2 Å². The number of benzene rings is 1. The Labute approximate surface area is 184 Å². The summed E-state index contributed by atoms with van der Waals surface area (Å²) in [5.74, 6) is -0.592. The Morgan fingerprint density at radius 1 is 1.42 bits per heavy atom. The molecule has 0 bridgehead atoms. The molecule has 1 aromatic carbocycles. The van der Waals surface area contributed by atoms with Gasteiger partial charge in [0.05, 0.1) is 28.1 Å². The summed E-state index contributed by atoms with van der Waals surface area (Å²) in [6.07, 6.45) is 0.278. The summed E-state index contributed by atoms with van der Waals surface area (Å²) in [6.45, 7) is 4.02. The number of nitrogens with one attached hydrogen (secondary N) is 2. The number of carbonyl (C=O) groups excluding carboxylic acids is 1. The lowest BCUT2D eigenvalue weighted by molar-refractivity contribution is 0.0368. The van der Waals surface area contributed by atoms with Gasteiger partial charge in [-0.05, 0) is 38.0 Å². The van der Waals surface area contributed by atoms with E-state index in [2.05, 4.69) is 15.8 Å². The van der Waals surface area contributed by atoms with E-state index in [1.165, 1.54) is 23.1 Å². The number of nitrogens with zero attached hydrogens (tertiary/aromatic N) is 2. The van der Waals surface area contributed by atoms with Gasteiger partial charge in [0.2, 0.25) is 0 Å². The van der Waals surface area contributed by atoms with Gasteiger partial charge in [-0.3, -0.25) is 4.79 Å². The molecule has 1 unspecified atom stereocenters. The molecule has 0 aliphatic carbocycles. The van der Waals surface area contributed by atoms with Gasteiger partial charge in [-0.25, -0.2) is 17.5 Å². The highest BCUT2D eigenvalue weighted by atomic mass is 35.5. The Bertz CT molecular complexity index is 1210. The standard InChI is InChI=1S/C20H20ClFN4O4S/c1-11-14(19(27)26-9-20(2,8-23)10-26)5-18(24-11)31(28,29)25-13-3-12-4-15(21)16(22)6-17(12)30-7-13/h4-6,13,24-25H,3,7,9-10H2,1-2H3. The Kier molecular flexibility index (Phi) is 5.24. The number of nitriles is 1. The number of hydrogen-bond donors (Lipinski definition) is 2. The summed E-state index contributed by atoms with van der Waals surface area (Å²) in [6, 6.07) is 5.48. The molecule has 4 rings (SSSR count). The summed E-state index contributed by atoms with van der Waals surface area (Å²) in [5, 5.41) is 8.91. The number of sulfonamides is 1. The number of hydrogen-bond acceptors (Lipinski definition) is 5. The zero-order chi connectivity index (χ0) is 22.6. The van der Waals surface area contributed by atoms with Crippen LogP contribution in [-0.4, -0.2) is 49.9 Å². The monoisotopic (exact) mass is 466 g/mol. The number of rotatable bonds is 4. The van der Waals surface area contributed by atoms with Crippen LogP contribution in [0.2, 0.25) is 5.02 Å². The molecule has 8 nitrogen and oxygen atoms in total. The lowest BCUT2D eigenvalue weighted by atomic mass is 9.83. The molecule has 2 N–H and O–H groups in total. The van der Waals surface area contributed by atoms with Crippen molar-refractivity contribution in [3.63, 3.8) is 0 Å². The van der Waals surface area contributed by atoms with Gasteiger partial charge in [0.1, 0.15) is 23.2 Å². The number of aromatic amines is 1. The maximum Gasteiger partial charge on any atom is 0.256 e. The average Bonchev–Trinajstić information content (AvgIpc) is 3.08. The van der Waals surface area contributed by atoms with Crippen molar-refractivity contribution in [2.75, 3.05) is 19.7 Å². The molecular weight excluding hydrogens is 447 g/mol. The molecule has 164 valence electrons. The summed E-state index contributed by atoms with van der Waals surface area (Å²) in [5.41, 5.74) is 0.692. The maximum atomic E-state index is 13.6. The normalized spacial score (nSPS) is 19.7. The molecule has 31 heavy (non-hydrogen) atoms. The van der Waals surface area contributed by atoms with E-state index in [9.17, 15) is 17.6 Å². The molecule has 0 saturated carbocycles. The highest BCUT2D eigenvalue weighted by Crippen LogP contribution is 2.32. The number of fused-ring (bicyclic) bond motifs is 1. The van der Waals surface area contributed by atoms with Gasteiger partial charge in [0, 0.05) is 24.8 Å². The minimum Gasteiger partial charge on any atom is -0.492 e. The first kappa shape index (κ1) is 21.6. The average molecular weight is 467 g/mol. The third kappa shape index (κ3) is 4.01. The quantitative estimate of drug-likeness (QED) is 0.717. The molecule has 2 aliphatic heterocycles. The van der Waals surface area contributed by atoms with Gasteiger partial charge >= 0.3 is 0 Å². The Morgan fingerprint density at radius 2 is 2.13 bits per heavy atom. The number of likely N-dealkylation sites (tertiary alicyclic amines) is 1. The lowest BCUT2D eigenvalue weighted by Gasteiger charge is -2.43. The summed E-state index contributed by atoms with van der Waals surface area (Å²) < 4.78 is 47.4. The molecule has 1 saturated heterocycles. The molecule has 11 heteroatoms. The van der Waals surface area contributed by atoms with Crippen LogP contribution in [-0.2, 0) is 16.4 Å². The molecule has 2 aliphatic rings. The van der Waals surface area contributed by atoms with Crippen LogP contribution in [0, 0.1) is 29.5 Å². The van der Waals surface area contributed by atoms with Crippen molar-refractivity contribution in [3.8, 4) is 11.8 Å². The van der Waals surface area contributed by atoms with Crippen LogP contribution in [0.25, 0.3) is 0 Å². The third-order valence-corrected chi connectivity index (χ3v) is 7.21. The first-order chi connectivity index (χ1) is 14.5. The van der Waals surface area contributed by atoms with E-state index in [0.29, 0.717) is 30.1 Å². The van der Waals surface area contributed by atoms with Crippen molar-refractivity contribution in [3.05, 3.63) is 45.9 Å². The molecule has 1 atom stereocenters. The topological polar surface area (TPSA) is 115 Å². The number of aryl methyl sites for hydroxylation is 1. The highest BCUT2D eigenvalue weighted by molar-refractivity contribution is 7.89. The van der Waals surface area contributed by atoms with Crippen molar-refractivity contribution in [2.24, 2.45) is 5.41 Å². The molecule has 2 aromatic rings. The van der Waals surface area contributed by atoms with Crippen LogP contribution in [0.4, 0.5) is 4.39 Å². The van der Waals surface area contributed by atoms with Gasteiger partial charge in [-0.15, -0.1) is 0 Å². The van der Waals surface area contributed by atoms with E-state index in [0.717, 1.165) is 0 Å². The molecule has 0 spiro atoms. The predicted octanol–water partition coefficient (Wildman–Crippen LogP) is 2.38. The number of halogens is 2. The van der Waals surface area contributed by atoms with Gasteiger partial charge in [0.15, 0.2) is 0 Å². The van der Waals surface area contributed by atoms with Crippen molar-refractivity contribution < 1.29 is 22.3 Å². The van der Waals surface area contributed by atoms with E-state index in [4.69, 9.17) is 21.6 Å². The van der Waals surface area contributed by atoms with Gasteiger partial charge in [-0.2, -0.15) is 5.26 Å². The lowest BCUT2D eigenvalue weighted by Crippen LogP contribution is -2.56. The summed E-state index contributed by atoms with van der Waals surface area (Å²) in [4.78, 5) is 17.0. The molecule has 0 radical (unpaired) electrons. The molecule has 1 fully saturated rings. The van der Waals surface area contributed by atoms with Crippen LogP contribution < -0.4 is 9.46 Å². The zero-order valence-electron chi connectivity index (χ0n) is 16.8. The SMILES string of the molecule is Cc1[nH]c(S(=O)(=O)NC2COc3cc(F)c(Cl)cc3C2)cc1C(=O)N1CC(C)(C#N)C1. The smallest absolute Gasteiger partial charge is 0.256 e. The Hall–Kier alpha value is -2.61. The first-order valence-corrected chi connectivity index (χ1v) is 11.4. The predicted molar refractivity (Wildman–Crippen MR) is 110 cm³/mol. The first-order valence-electron chi connectivity index (χ1n) is 9.54. The molecule has 1 aromatic heterocycles. The number of ether oxygens (including phenoxy) is 1. The number of H-pyrrole nitrogens is 1. The fourth-order valence-corrected chi connectivity index (χ4v) is 5.28. The molecule has 3 heterocycles. The van der Waals surface area contributed by atoms with E-state index in [1.54, 1.807) is 13.8 Å². The van der Waals surface area contributed by atoms with Crippen molar-refractivity contribution in [2.45, 2.75) is 31.3 Å². The largest absolute Gasteiger partial charge is 0.492 e. The minimum absolute atomic E-state index is 0.0271.